The average Bonchev–Trinajstić information content (AvgIpc) is 2.51. The van der Waals surface area contributed by atoms with Crippen molar-refractivity contribution < 1.29 is 49.5 Å². The maximum Gasteiger partial charge on any atom is 1.00 e. The number of carbonyl (C=O) groups excluding carboxylic acids is 2. The molecule has 2 heterocycles. The molecule has 2 aliphatic heterocycles. The Kier molecular flexibility index (Phi) is 5.06. The third-order valence-corrected chi connectivity index (χ3v) is 3.89. The molecule has 2 N–H and O–H groups in total. The number of hydrogen-bond acceptors (Lipinski definition) is 6. The summed E-state index contributed by atoms with van der Waals surface area (Å²) in [6.07, 6.45) is 0.733. The van der Waals surface area contributed by atoms with Crippen LogP contribution in [0.15, 0.2) is 10.6 Å². The first-order chi connectivity index (χ1) is 7.54. The van der Waals surface area contributed by atoms with Crippen LogP contribution in [0.5, 0.6) is 0 Å². The number of nitrogens with zero attached hydrogens (tertiary/aromatic N) is 1. The second-order valence-electron chi connectivity index (χ2n) is 3.83. The Morgan fingerprint density at radius 3 is 2.88 bits per heavy atom. The van der Waals surface area contributed by atoms with Crippen LogP contribution in [0.4, 0.5) is 0 Å². The molecule has 0 radical (unpaired) electrons. The summed E-state index contributed by atoms with van der Waals surface area (Å²) in [6.45, 7) is 1.72. The van der Waals surface area contributed by atoms with Crippen molar-refractivity contribution in [3.63, 3.8) is 0 Å². The van der Waals surface area contributed by atoms with Gasteiger partial charge in [-0.15, -0.1) is 11.8 Å². The number of hydroxylamine groups is 1. The molecule has 1 amide bonds. The van der Waals surface area contributed by atoms with Gasteiger partial charge in [-0.1, -0.05) is 0 Å². The topological polar surface area (TPSA) is 92.7 Å². The van der Waals surface area contributed by atoms with Crippen LogP contribution in [0.2, 0.25) is 0 Å². The van der Waals surface area contributed by atoms with E-state index in [0.717, 1.165) is 0 Å². The average molecular weight is 266 g/mol. The molecule has 0 aromatic carbocycles. The Labute approximate surface area is 125 Å². The predicted molar refractivity (Wildman–Crippen MR) is 53.9 cm³/mol. The number of hydrogen-bond donors (Lipinski definition) is 2. The minimum atomic E-state index is -1.33. The molecule has 2 rings (SSSR count). The number of carboxylic acids is 1. The maximum absolute atomic E-state index is 11.3. The molecule has 1 fully saturated rings. The number of rotatable bonds is 4. The summed E-state index contributed by atoms with van der Waals surface area (Å²) in [4.78, 5) is 24.1. The van der Waals surface area contributed by atoms with Gasteiger partial charge in [0.15, 0.2) is 0 Å². The van der Waals surface area contributed by atoms with E-state index in [2.05, 4.69) is 0 Å². The smallest absolute Gasteiger partial charge is 0.543 e. The summed E-state index contributed by atoms with van der Waals surface area (Å²) in [6, 6.07) is -0.259. The van der Waals surface area contributed by atoms with Gasteiger partial charge in [0.1, 0.15) is 0 Å². The van der Waals surface area contributed by atoms with E-state index in [0.29, 0.717) is 17.7 Å². The second-order valence-corrected chi connectivity index (χ2v) is 5.11. The van der Waals surface area contributed by atoms with Gasteiger partial charge in [-0.3, -0.25) is 9.69 Å². The third-order valence-electron chi connectivity index (χ3n) is 2.59. The normalized spacial score (nSPS) is 24.0. The summed E-state index contributed by atoms with van der Waals surface area (Å²) < 4.78 is 0. The fraction of sp³-hybridized carbons (Fsp3) is 0.556. The molecule has 2 aliphatic rings. The number of carboxylic acid groups (broad SMARTS) is 1. The molecule has 88 valence electrons. The molecule has 2 atom stereocenters. The van der Waals surface area contributed by atoms with Gasteiger partial charge >= 0.3 is 29.6 Å². The number of fused-ring (bicyclic) bond motifs is 1. The molecule has 8 heteroatoms. The van der Waals surface area contributed by atoms with Gasteiger partial charge in [0, 0.05) is 10.9 Å². The van der Waals surface area contributed by atoms with E-state index in [4.69, 9.17) is 5.21 Å². The summed E-state index contributed by atoms with van der Waals surface area (Å²) in [7, 11) is 0. The zero-order valence-electron chi connectivity index (χ0n) is 9.60. The fourth-order valence-electron chi connectivity index (χ4n) is 1.79. The monoisotopic (exact) mass is 266 g/mol. The fourth-order valence-corrected chi connectivity index (χ4v) is 3.31. The Morgan fingerprint density at radius 1 is 1.76 bits per heavy atom. The standard InChI is InChI=1S/C9H12N2O4S.Na/c1-4(10-15)2-5-8(9(13)14)11-6(12)3-7(11)16-5;/h4,7,10,15H,2-3H2,1H3,(H,13,14);/q;+1/p-1/t4?,7-;/m1./s1. The van der Waals surface area contributed by atoms with Gasteiger partial charge < -0.3 is 15.1 Å². The van der Waals surface area contributed by atoms with Gasteiger partial charge in [0.05, 0.1) is 23.5 Å². The molecular formula is C9H11N2NaO4S. The van der Waals surface area contributed by atoms with E-state index in [1.807, 2.05) is 5.48 Å². The van der Waals surface area contributed by atoms with Crippen LogP contribution in [-0.4, -0.2) is 33.4 Å². The SMILES string of the molecule is CC(CC1=C(C(=O)[O-])N2C(=O)C[C@H]2S1)NO.[Na+]. The molecule has 17 heavy (non-hydrogen) atoms. The predicted octanol–water partition coefficient (Wildman–Crippen LogP) is -3.99. The van der Waals surface area contributed by atoms with Crippen LogP contribution in [-0.2, 0) is 9.59 Å². The van der Waals surface area contributed by atoms with Crippen molar-refractivity contribution in [3.05, 3.63) is 10.6 Å². The number of nitrogens with one attached hydrogen (secondary N) is 1. The van der Waals surface area contributed by atoms with Gasteiger partial charge in [0.25, 0.3) is 0 Å². The van der Waals surface area contributed by atoms with Crippen molar-refractivity contribution in [2.24, 2.45) is 0 Å². The van der Waals surface area contributed by atoms with E-state index in [1.165, 1.54) is 16.7 Å². The minimum absolute atomic E-state index is 0. The van der Waals surface area contributed by atoms with Crippen molar-refractivity contribution in [2.75, 3.05) is 0 Å². The van der Waals surface area contributed by atoms with Gasteiger partial charge in [-0.05, 0) is 13.3 Å². The number of amides is 1. The van der Waals surface area contributed by atoms with Crippen molar-refractivity contribution in [1.29, 1.82) is 0 Å². The molecule has 6 nitrogen and oxygen atoms in total. The molecule has 0 bridgehead atoms. The summed E-state index contributed by atoms with van der Waals surface area (Å²) in [5.74, 6) is -1.51. The Balaban J connectivity index is 0.00000144. The zero-order valence-corrected chi connectivity index (χ0v) is 12.4. The van der Waals surface area contributed by atoms with Crippen LogP contribution in [0.25, 0.3) is 0 Å². The van der Waals surface area contributed by atoms with Crippen molar-refractivity contribution in [1.82, 2.24) is 10.4 Å². The molecule has 0 saturated carbocycles. The van der Waals surface area contributed by atoms with E-state index in [-0.39, 0.29) is 52.6 Å². The third kappa shape index (κ3) is 2.69. The van der Waals surface area contributed by atoms with Crippen molar-refractivity contribution in [2.45, 2.75) is 31.2 Å². The van der Waals surface area contributed by atoms with Crippen LogP contribution in [0.1, 0.15) is 19.8 Å². The molecule has 1 unspecified atom stereocenters. The number of thioether (sulfide) groups is 1. The van der Waals surface area contributed by atoms with E-state index >= 15 is 0 Å². The van der Waals surface area contributed by atoms with Crippen molar-refractivity contribution >= 4 is 23.6 Å². The first-order valence-corrected chi connectivity index (χ1v) is 5.75. The van der Waals surface area contributed by atoms with Gasteiger partial charge in [0.2, 0.25) is 5.91 Å². The summed E-state index contributed by atoms with van der Waals surface area (Å²) in [5, 5.41) is 19.6. The first kappa shape index (κ1) is 15.0. The number of aliphatic carboxylic acids is 1. The minimum Gasteiger partial charge on any atom is -0.543 e. The van der Waals surface area contributed by atoms with E-state index < -0.39 is 5.97 Å². The van der Waals surface area contributed by atoms with Gasteiger partial charge in [-0.25, -0.2) is 5.48 Å². The molecule has 0 spiro atoms. The molecule has 0 aliphatic carbocycles. The first-order valence-electron chi connectivity index (χ1n) is 4.87. The Morgan fingerprint density at radius 2 is 2.41 bits per heavy atom. The molecular weight excluding hydrogens is 255 g/mol. The summed E-state index contributed by atoms with van der Waals surface area (Å²) >= 11 is 1.36. The van der Waals surface area contributed by atoms with Gasteiger partial charge in [-0.2, -0.15) is 0 Å². The van der Waals surface area contributed by atoms with Crippen LogP contribution >= 0.6 is 11.8 Å². The van der Waals surface area contributed by atoms with Crippen molar-refractivity contribution in [3.8, 4) is 0 Å². The van der Waals surface area contributed by atoms with Crippen LogP contribution in [0, 0.1) is 0 Å². The van der Waals surface area contributed by atoms with Crippen LogP contribution < -0.4 is 40.1 Å². The van der Waals surface area contributed by atoms with E-state index in [9.17, 15) is 14.7 Å². The maximum atomic E-state index is 11.3. The Bertz CT molecular complexity index is 387. The largest absolute Gasteiger partial charge is 1.00 e. The molecule has 1 saturated heterocycles. The zero-order chi connectivity index (χ0) is 11.9. The Hall–Kier alpha value is -0.0500. The number of carbonyl (C=O) groups is 2. The molecule has 0 aromatic heterocycles. The van der Waals surface area contributed by atoms with Crippen LogP contribution in [0.3, 0.4) is 0 Å². The molecule has 0 aromatic rings. The quantitative estimate of drug-likeness (QED) is 0.306. The number of β-lactam (4-membered cyclic amide) rings is 1. The van der Waals surface area contributed by atoms with E-state index in [1.54, 1.807) is 6.92 Å². The summed E-state index contributed by atoms with van der Waals surface area (Å²) in [5.41, 5.74) is 2.01. The second kappa shape index (κ2) is 5.73.